The van der Waals surface area contributed by atoms with Gasteiger partial charge in [0, 0.05) is 41.0 Å². The molecule has 0 aliphatic carbocycles. The first-order valence-corrected chi connectivity index (χ1v) is 13.2. The SMILES string of the molecule is CC(C)c1cc(C(=O)CCC2CCN(c3cc(C(C)(C)C)cc(C(C)(C)C)c3)CC2)cs1. The fourth-order valence-electron chi connectivity index (χ4n) is 4.42. The van der Waals surface area contributed by atoms with Gasteiger partial charge in [0.1, 0.15) is 0 Å². The van der Waals surface area contributed by atoms with Crippen molar-refractivity contribution < 1.29 is 4.79 Å². The summed E-state index contributed by atoms with van der Waals surface area (Å²) in [5, 5.41) is 2.05. The number of hydrogen-bond acceptors (Lipinski definition) is 3. The molecule has 1 fully saturated rings. The molecule has 1 aliphatic heterocycles. The minimum Gasteiger partial charge on any atom is -0.371 e. The van der Waals surface area contributed by atoms with E-state index in [1.165, 1.54) is 34.5 Å². The van der Waals surface area contributed by atoms with Crippen molar-refractivity contribution in [2.45, 2.75) is 97.8 Å². The van der Waals surface area contributed by atoms with E-state index in [9.17, 15) is 4.79 Å². The van der Waals surface area contributed by atoms with Crippen LogP contribution in [0.15, 0.2) is 29.6 Å². The second-order valence-corrected chi connectivity index (χ2v) is 13.0. The van der Waals surface area contributed by atoms with E-state index in [2.05, 4.69) is 89.9 Å². The third kappa shape index (κ3) is 6.25. The lowest BCUT2D eigenvalue weighted by Crippen LogP contribution is -2.34. The summed E-state index contributed by atoms with van der Waals surface area (Å²) in [7, 11) is 0. The molecular weight excluding hydrogens is 410 g/mol. The summed E-state index contributed by atoms with van der Waals surface area (Å²) in [6.07, 6.45) is 4.07. The van der Waals surface area contributed by atoms with E-state index < -0.39 is 0 Å². The molecule has 1 aromatic heterocycles. The van der Waals surface area contributed by atoms with Crippen LogP contribution < -0.4 is 4.90 Å². The maximum absolute atomic E-state index is 12.7. The van der Waals surface area contributed by atoms with Crippen molar-refractivity contribution in [1.29, 1.82) is 0 Å². The van der Waals surface area contributed by atoms with Crippen LogP contribution in [0.1, 0.15) is 113 Å². The van der Waals surface area contributed by atoms with Gasteiger partial charge in [0.2, 0.25) is 0 Å². The Morgan fingerprint density at radius 3 is 2.00 bits per heavy atom. The van der Waals surface area contributed by atoms with Crippen molar-refractivity contribution in [2.75, 3.05) is 18.0 Å². The number of thiophene rings is 1. The number of rotatable bonds is 6. The Morgan fingerprint density at radius 2 is 1.53 bits per heavy atom. The summed E-state index contributed by atoms with van der Waals surface area (Å²) in [5.74, 6) is 1.48. The summed E-state index contributed by atoms with van der Waals surface area (Å²) in [6, 6.07) is 9.32. The van der Waals surface area contributed by atoms with Crippen molar-refractivity contribution in [3.8, 4) is 0 Å². The molecule has 32 heavy (non-hydrogen) atoms. The van der Waals surface area contributed by atoms with Crippen LogP contribution in [0.4, 0.5) is 5.69 Å². The predicted molar refractivity (Wildman–Crippen MR) is 141 cm³/mol. The zero-order valence-corrected chi connectivity index (χ0v) is 22.4. The van der Waals surface area contributed by atoms with Crippen LogP contribution in [0.25, 0.3) is 0 Å². The van der Waals surface area contributed by atoms with Gasteiger partial charge in [0.25, 0.3) is 0 Å². The first-order chi connectivity index (χ1) is 14.8. The highest BCUT2D eigenvalue weighted by Crippen LogP contribution is 2.35. The Hall–Kier alpha value is -1.61. The summed E-state index contributed by atoms with van der Waals surface area (Å²) < 4.78 is 0. The topological polar surface area (TPSA) is 20.3 Å². The molecule has 0 spiro atoms. The van der Waals surface area contributed by atoms with E-state index in [4.69, 9.17) is 0 Å². The highest BCUT2D eigenvalue weighted by Gasteiger charge is 2.25. The Morgan fingerprint density at radius 1 is 0.969 bits per heavy atom. The van der Waals surface area contributed by atoms with Crippen LogP contribution in [0.3, 0.4) is 0 Å². The quantitative estimate of drug-likeness (QED) is 0.410. The lowest BCUT2D eigenvalue weighted by Gasteiger charge is -2.36. The Kier molecular flexibility index (Phi) is 7.59. The number of anilines is 1. The number of carbonyl (C=O) groups excluding carboxylic acids is 1. The summed E-state index contributed by atoms with van der Waals surface area (Å²) in [5.41, 5.74) is 5.42. The number of nitrogens with zero attached hydrogens (tertiary/aromatic N) is 1. The molecule has 0 amide bonds. The lowest BCUT2D eigenvalue weighted by atomic mass is 9.80. The van der Waals surface area contributed by atoms with Crippen LogP contribution >= 0.6 is 11.3 Å². The average molecular weight is 454 g/mol. The molecule has 0 unspecified atom stereocenters. The summed E-state index contributed by atoms with van der Waals surface area (Å²) >= 11 is 1.72. The molecule has 0 saturated carbocycles. The molecule has 3 rings (SSSR count). The van der Waals surface area contributed by atoms with Gasteiger partial charge in [-0.15, -0.1) is 11.3 Å². The molecule has 2 heterocycles. The highest BCUT2D eigenvalue weighted by molar-refractivity contribution is 7.10. The van der Waals surface area contributed by atoms with E-state index in [1.807, 2.05) is 0 Å². The summed E-state index contributed by atoms with van der Waals surface area (Å²) in [6.45, 7) is 20.4. The first-order valence-electron chi connectivity index (χ1n) is 12.4. The van der Waals surface area contributed by atoms with Crippen LogP contribution in [-0.4, -0.2) is 18.9 Å². The number of Topliss-reactive ketones (excluding diaryl/α,β-unsaturated/α-hetero) is 1. The fourth-order valence-corrected chi connectivity index (χ4v) is 5.35. The van der Waals surface area contributed by atoms with Crippen LogP contribution in [0.5, 0.6) is 0 Å². The Labute approximate surface area is 200 Å². The molecule has 1 aromatic carbocycles. The number of ketones is 1. The molecule has 0 atom stereocenters. The van der Waals surface area contributed by atoms with E-state index >= 15 is 0 Å². The van der Waals surface area contributed by atoms with Crippen molar-refractivity contribution in [3.05, 3.63) is 51.2 Å². The van der Waals surface area contributed by atoms with Gasteiger partial charge in [0.15, 0.2) is 5.78 Å². The van der Waals surface area contributed by atoms with Crippen molar-refractivity contribution in [1.82, 2.24) is 0 Å². The van der Waals surface area contributed by atoms with Crippen molar-refractivity contribution in [2.24, 2.45) is 5.92 Å². The zero-order valence-electron chi connectivity index (χ0n) is 21.5. The van der Waals surface area contributed by atoms with Gasteiger partial charge in [-0.2, -0.15) is 0 Å². The average Bonchev–Trinajstić information content (AvgIpc) is 3.21. The van der Waals surface area contributed by atoms with Gasteiger partial charge in [-0.3, -0.25) is 4.79 Å². The van der Waals surface area contributed by atoms with E-state index in [1.54, 1.807) is 11.3 Å². The van der Waals surface area contributed by atoms with E-state index in [0.29, 0.717) is 24.0 Å². The minimum absolute atomic E-state index is 0.145. The summed E-state index contributed by atoms with van der Waals surface area (Å²) in [4.78, 5) is 16.5. The highest BCUT2D eigenvalue weighted by atomic mass is 32.1. The second kappa shape index (κ2) is 9.71. The van der Waals surface area contributed by atoms with Crippen molar-refractivity contribution >= 4 is 22.8 Å². The minimum atomic E-state index is 0.145. The monoisotopic (exact) mass is 453 g/mol. The standard InChI is InChI=1S/C29H43NOS/c1-20(2)27-15-22(19-32-27)26(31)10-9-21-11-13-30(14-12-21)25-17-23(28(3,4)5)16-24(18-25)29(6,7)8/h15-21H,9-14H2,1-8H3. The zero-order chi connectivity index (χ0) is 23.7. The number of piperidine rings is 1. The molecule has 3 heteroatoms. The van der Waals surface area contributed by atoms with E-state index in [-0.39, 0.29) is 10.8 Å². The number of benzene rings is 1. The third-order valence-electron chi connectivity index (χ3n) is 6.92. The van der Waals surface area contributed by atoms with Crippen molar-refractivity contribution in [3.63, 3.8) is 0 Å². The lowest BCUT2D eigenvalue weighted by molar-refractivity contribution is 0.0972. The first kappa shape index (κ1) is 25.0. The number of hydrogen-bond donors (Lipinski definition) is 0. The van der Waals surface area contributed by atoms with Gasteiger partial charge in [-0.05, 0) is 71.3 Å². The fraction of sp³-hybridized carbons (Fsp3) is 0.621. The van der Waals surface area contributed by atoms with Crippen LogP contribution in [0.2, 0.25) is 0 Å². The Bertz CT molecular complexity index is 885. The molecule has 0 N–H and O–H groups in total. The Balaban J connectivity index is 1.61. The molecular formula is C29H43NOS. The van der Waals surface area contributed by atoms with Gasteiger partial charge < -0.3 is 4.90 Å². The molecule has 0 radical (unpaired) electrons. The van der Waals surface area contributed by atoms with Crippen LogP contribution in [0, 0.1) is 5.92 Å². The molecule has 2 nitrogen and oxygen atoms in total. The third-order valence-corrected chi connectivity index (χ3v) is 8.15. The molecule has 1 aliphatic rings. The molecule has 1 saturated heterocycles. The predicted octanol–water partition coefficient (Wildman–Crippen LogP) is 8.35. The largest absolute Gasteiger partial charge is 0.371 e. The smallest absolute Gasteiger partial charge is 0.163 e. The van der Waals surface area contributed by atoms with E-state index in [0.717, 1.165) is 25.1 Å². The van der Waals surface area contributed by atoms with Gasteiger partial charge >= 0.3 is 0 Å². The normalized spacial score (nSPS) is 16.1. The van der Waals surface area contributed by atoms with Crippen LogP contribution in [-0.2, 0) is 10.8 Å². The molecule has 2 aromatic rings. The van der Waals surface area contributed by atoms with Gasteiger partial charge in [-0.1, -0.05) is 61.5 Å². The maximum atomic E-state index is 12.7. The number of carbonyl (C=O) groups is 1. The molecule has 176 valence electrons. The second-order valence-electron chi connectivity index (χ2n) is 12.1. The molecule has 0 bridgehead atoms. The van der Waals surface area contributed by atoms with Gasteiger partial charge in [-0.25, -0.2) is 0 Å². The maximum Gasteiger partial charge on any atom is 0.163 e. The van der Waals surface area contributed by atoms with Gasteiger partial charge in [0.05, 0.1) is 0 Å².